The lowest BCUT2D eigenvalue weighted by molar-refractivity contribution is 0.156. The predicted molar refractivity (Wildman–Crippen MR) is 202 cm³/mol. The van der Waals surface area contributed by atoms with E-state index in [4.69, 9.17) is 20.0 Å². The second kappa shape index (κ2) is 15.4. The Morgan fingerprint density at radius 2 is 1.22 bits per heavy atom. The summed E-state index contributed by atoms with van der Waals surface area (Å²) < 4.78 is 6.29. The minimum Gasteiger partial charge on any atom is -0.371 e. The second-order valence-electron chi connectivity index (χ2n) is 14.2. The molecule has 4 aliphatic rings. The minimum absolute atomic E-state index is 0.359. The van der Waals surface area contributed by atoms with E-state index in [-0.39, 0.29) is 0 Å². The Kier molecular flexibility index (Phi) is 10.0. The molecule has 5 atom stereocenters. The average Bonchev–Trinajstić information content (AvgIpc) is 4.10. The van der Waals surface area contributed by atoms with Gasteiger partial charge in [0.15, 0.2) is 0 Å². The van der Waals surface area contributed by atoms with Gasteiger partial charge in [0.2, 0.25) is 0 Å². The van der Waals surface area contributed by atoms with E-state index in [0.717, 1.165) is 57.5 Å². The summed E-state index contributed by atoms with van der Waals surface area (Å²) in [5.41, 5.74) is 7.74. The van der Waals surface area contributed by atoms with Crippen molar-refractivity contribution in [2.45, 2.75) is 63.3 Å². The van der Waals surface area contributed by atoms with E-state index in [1.54, 1.807) is 0 Å². The van der Waals surface area contributed by atoms with Crippen LogP contribution in [0.15, 0.2) is 137 Å². The number of nitrogens with zero attached hydrogens (tertiary/aromatic N) is 6. The standard InChI is InChI=1S/C43H48N6O/c1-5-14-33(15-6-1)31-50-32-38(45-48-29-42(48)36-18-9-3-10-19-36)24-25-39-34(22-13-27-44-47-28-41(47)35-16-7-2-8-17-35)23-26-40(39)46-49-30-43(49)37-20-11-4-12-21-37/h1-12,14-21,27,34,39,41-43H,13,22-26,28-32H2/b44-27+,45-38-,46-40-/t34-,39+,41?,42?,43?,47?,48?,49?/m1/s1. The number of rotatable bonds is 16. The van der Waals surface area contributed by atoms with Crippen molar-refractivity contribution in [3.63, 3.8) is 0 Å². The van der Waals surface area contributed by atoms with Crippen molar-refractivity contribution in [3.8, 4) is 0 Å². The van der Waals surface area contributed by atoms with E-state index >= 15 is 0 Å². The second-order valence-corrected chi connectivity index (χ2v) is 14.2. The predicted octanol–water partition coefficient (Wildman–Crippen LogP) is 8.66. The molecule has 3 heterocycles. The van der Waals surface area contributed by atoms with Crippen LogP contribution in [0.3, 0.4) is 0 Å². The summed E-state index contributed by atoms with van der Waals surface area (Å²) in [5.74, 6) is 1.04. The number of ether oxygens (including phenoxy) is 1. The smallest absolute Gasteiger partial charge is 0.0912 e. The number of benzene rings is 4. The van der Waals surface area contributed by atoms with Crippen LogP contribution in [0.2, 0.25) is 0 Å². The quantitative estimate of drug-likeness (QED) is 0.0889. The Labute approximate surface area is 297 Å². The molecule has 1 saturated carbocycles. The highest BCUT2D eigenvalue weighted by Crippen LogP contribution is 2.41. The lowest BCUT2D eigenvalue weighted by atomic mass is 9.87. The zero-order chi connectivity index (χ0) is 33.5. The van der Waals surface area contributed by atoms with Crippen LogP contribution in [0.5, 0.6) is 0 Å². The molecule has 50 heavy (non-hydrogen) atoms. The maximum absolute atomic E-state index is 6.29. The summed E-state index contributed by atoms with van der Waals surface area (Å²) in [6.45, 7) is 4.12. The van der Waals surface area contributed by atoms with Crippen molar-refractivity contribution in [1.29, 1.82) is 0 Å². The van der Waals surface area contributed by atoms with Crippen molar-refractivity contribution < 1.29 is 4.74 Å². The van der Waals surface area contributed by atoms with Gasteiger partial charge in [-0.3, -0.25) is 15.0 Å². The summed E-state index contributed by atoms with van der Waals surface area (Å²) in [6, 6.07) is 43.9. The van der Waals surface area contributed by atoms with Gasteiger partial charge in [0.1, 0.15) is 0 Å². The van der Waals surface area contributed by atoms with Gasteiger partial charge >= 0.3 is 0 Å². The Balaban J connectivity index is 0.937. The Bertz CT molecular complexity index is 1760. The lowest BCUT2D eigenvalue weighted by Gasteiger charge is -2.20. The van der Waals surface area contributed by atoms with E-state index < -0.39 is 0 Å². The summed E-state index contributed by atoms with van der Waals surface area (Å²) in [6.07, 6.45) is 8.51. The van der Waals surface area contributed by atoms with Crippen LogP contribution in [0.1, 0.15) is 78.9 Å². The fourth-order valence-corrected chi connectivity index (χ4v) is 7.59. The van der Waals surface area contributed by atoms with Crippen LogP contribution in [-0.2, 0) is 11.3 Å². The first-order chi connectivity index (χ1) is 24.8. The molecular formula is C43H48N6O. The van der Waals surface area contributed by atoms with Crippen LogP contribution in [0, 0.1) is 11.8 Å². The van der Waals surface area contributed by atoms with E-state index in [1.807, 2.05) is 0 Å². The SMILES string of the molecule is C(/CC[C@@H]1CC/C(=N/N2CC2c2ccccc2)[C@H]1CC/C(COCc1ccccc1)=N/N1CC1c1ccccc1)=N\N1CC1c1ccccc1. The molecular weight excluding hydrogens is 617 g/mol. The molecule has 7 nitrogen and oxygen atoms in total. The van der Waals surface area contributed by atoms with E-state index in [0.29, 0.717) is 43.2 Å². The molecule has 0 aromatic heterocycles. The van der Waals surface area contributed by atoms with Gasteiger partial charge in [-0.15, -0.1) is 0 Å². The first kappa shape index (κ1) is 32.5. The highest BCUT2D eigenvalue weighted by Gasteiger charge is 2.39. The van der Waals surface area contributed by atoms with Crippen molar-refractivity contribution >= 4 is 17.6 Å². The van der Waals surface area contributed by atoms with Crippen LogP contribution in [0.25, 0.3) is 0 Å². The van der Waals surface area contributed by atoms with Crippen LogP contribution < -0.4 is 0 Å². The molecule has 3 aliphatic heterocycles. The largest absolute Gasteiger partial charge is 0.371 e. The van der Waals surface area contributed by atoms with E-state index in [9.17, 15) is 0 Å². The van der Waals surface area contributed by atoms with Crippen molar-refractivity contribution in [2.24, 2.45) is 27.1 Å². The fraction of sp³-hybridized carbons (Fsp3) is 0.372. The van der Waals surface area contributed by atoms with Gasteiger partial charge in [-0.2, -0.15) is 15.3 Å². The molecule has 0 bridgehead atoms. The molecule has 1 aliphatic carbocycles. The number of hydrazone groups is 3. The van der Waals surface area contributed by atoms with Gasteiger partial charge in [0, 0.05) is 17.8 Å². The lowest BCUT2D eigenvalue weighted by Crippen LogP contribution is -2.20. The van der Waals surface area contributed by atoms with Crippen LogP contribution in [0.4, 0.5) is 0 Å². The molecule has 4 aromatic rings. The van der Waals surface area contributed by atoms with E-state index in [2.05, 4.69) is 143 Å². The summed E-state index contributed by atoms with van der Waals surface area (Å²) in [5, 5.41) is 22.1. The molecule has 4 aromatic carbocycles. The first-order valence-corrected chi connectivity index (χ1v) is 18.5. The number of hydrogen-bond donors (Lipinski definition) is 0. The molecule has 0 amide bonds. The van der Waals surface area contributed by atoms with Crippen LogP contribution in [-0.4, -0.2) is 58.9 Å². The average molecular weight is 665 g/mol. The third kappa shape index (κ3) is 8.33. The topological polar surface area (TPSA) is 55.3 Å². The fourth-order valence-electron chi connectivity index (χ4n) is 7.59. The van der Waals surface area contributed by atoms with Gasteiger partial charge in [-0.1, -0.05) is 121 Å². The zero-order valence-corrected chi connectivity index (χ0v) is 28.9. The monoisotopic (exact) mass is 664 g/mol. The Morgan fingerprint density at radius 3 is 1.88 bits per heavy atom. The minimum atomic E-state index is 0.359. The van der Waals surface area contributed by atoms with Gasteiger partial charge in [-0.25, -0.2) is 0 Å². The maximum atomic E-state index is 6.29. The number of hydrogen-bond acceptors (Lipinski definition) is 7. The zero-order valence-electron chi connectivity index (χ0n) is 28.9. The highest BCUT2D eigenvalue weighted by molar-refractivity contribution is 5.90. The summed E-state index contributed by atoms with van der Waals surface area (Å²) >= 11 is 0. The molecule has 3 unspecified atom stereocenters. The normalized spacial score (nSPS) is 25.1. The van der Waals surface area contributed by atoms with Gasteiger partial charge in [0.05, 0.1) is 56.7 Å². The molecule has 0 spiro atoms. The molecule has 0 N–H and O–H groups in total. The van der Waals surface area contributed by atoms with Gasteiger partial charge in [0.25, 0.3) is 0 Å². The molecule has 256 valence electrons. The first-order valence-electron chi connectivity index (χ1n) is 18.5. The Morgan fingerprint density at radius 1 is 0.660 bits per heavy atom. The molecule has 0 radical (unpaired) electrons. The molecule has 4 fully saturated rings. The van der Waals surface area contributed by atoms with Gasteiger partial charge < -0.3 is 4.74 Å². The summed E-state index contributed by atoms with van der Waals surface area (Å²) in [7, 11) is 0. The molecule has 8 rings (SSSR count). The van der Waals surface area contributed by atoms with E-state index in [1.165, 1.54) is 34.4 Å². The molecule has 3 saturated heterocycles. The maximum Gasteiger partial charge on any atom is 0.0912 e. The van der Waals surface area contributed by atoms with Crippen molar-refractivity contribution in [2.75, 3.05) is 26.2 Å². The third-order valence-electron chi connectivity index (χ3n) is 10.6. The molecule has 7 heteroatoms. The van der Waals surface area contributed by atoms with Crippen LogP contribution >= 0.6 is 0 Å². The van der Waals surface area contributed by atoms with Crippen molar-refractivity contribution in [1.82, 2.24) is 15.0 Å². The van der Waals surface area contributed by atoms with Crippen molar-refractivity contribution in [3.05, 3.63) is 144 Å². The Hall–Kier alpha value is -4.75. The summed E-state index contributed by atoms with van der Waals surface area (Å²) in [4.78, 5) is 0. The van der Waals surface area contributed by atoms with Gasteiger partial charge in [-0.05, 0) is 66.7 Å². The third-order valence-corrected chi connectivity index (χ3v) is 10.6. The highest BCUT2D eigenvalue weighted by atomic mass is 16.5.